The maximum absolute atomic E-state index is 12.9. The zero-order valence-electron chi connectivity index (χ0n) is 10.4. The summed E-state index contributed by atoms with van der Waals surface area (Å²) in [6, 6.07) is 2.86. The number of nitrogens with one attached hydrogen (secondary N) is 1. The van der Waals surface area contributed by atoms with Gasteiger partial charge in [-0.3, -0.25) is 4.79 Å². The minimum absolute atomic E-state index is 0.291. The van der Waals surface area contributed by atoms with Gasteiger partial charge in [0.15, 0.2) is 0 Å². The second kappa shape index (κ2) is 6.14. The number of hydrogen-bond acceptors (Lipinski definition) is 2. The van der Waals surface area contributed by atoms with Crippen molar-refractivity contribution in [3.8, 4) is 0 Å². The molecule has 2 N–H and O–H groups in total. The summed E-state index contributed by atoms with van der Waals surface area (Å²) in [4.78, 5) is 22.8. The van der Waals surface area contributed by atoms with Crippen molar-refractivity contribution < 1.29 is 19.1 Å². The molecule has 0 unspecified atom stereocenters. The first-order valence-corrected chi connectivity index (χ1v) is 5.75. The van der Waals surface area contributed by atoms with Crippen LogP contribution in [0.4, 0.5) is 4.39 Å². The number of amides is 1. The van der Waals surface area contributed by atoms with Gasteiger partial charge in [-0.15, -0.1) is 0 Å². The predicted molar refractivity (Wildman–Crippen MR) is 64.9 cm³/mol. The summed E-state index contributed by atoms with van der Waals surface area (Å²) >= 11 is 0. The van der Waals surface area contributed by atoms with E-state index in [9.17, 15) is 14.0 Å². The van der Waals surface area contributed by atoms with Crippen molar-refractivity contribution in [2.75, 3.05) is 0 Å². The molecule has 0 saturated heterocycles. The Kier molecular flexibility index (Phi) is 4.83. The van der Waals surface area contributed by atoms with Gasteiger partial charge in [0, 0.05) is 5.56 Å². The molecule has 0 fully saturated rings. The average Bonchev–Trinajstić information content (AvgIpc) is 2.27. The summed E-state index contributed by atoms with van der Waals surface area (Å²) in [5.41, 5.74) is 0.770. The number of aliphatic carboxylic acids is 1. The van der Waals surface area contributed by atoms with Crippen LogP contribution in [-0.4, -0.2) is 23.0 Å². The Labute approximate surface area is 105 Å². The van der Waals surface area contributed by atoms with E-state index in [4.69, 9.17) is 5.11 Å². The molecular formula is C13H16FNO3. The summed E-state index contributed by atoms with van der Waals surface area (Å²) in [5, 5.41) is 11.4. The number of aryl methyl sites for hydroxylation is 1. The van der Waals surface area contributed by atoms with E-state index in [1.54, 1.807) is 6.92 Å². The topological polar surface area (TPSA) is 66.4 Å². The van der Waals surface area contributed by atoms with E-state index in [2.05, 4.69) is 5.32 Å². The zero-order valence-corrected chi connectivity index (χ0v) is 10.4. The zero-order chi connectivity index (χ0) is 13.7. The highest BCUT2D eigenvalue weighted by Crippen LogP contribution is 2.10. The summed E-state index contributed by atoms with van der Waals surface area (Å²) < 4.78 is 12.9. The van der Waals surface area contributed by atoms with E-state index in [1.807, 2.05) is 6.92 Å². The molecule has 98 valence electrons. The minimum Gasteiger partial charge on any atom is -0.480 e. The lowest BCUT2D eigenvalue weighted by molar-refractivity contribution is -0.139. The maximum Gasteiger partial charge on any atom is 0.326 e. The van der Waals surface area contributed by atoms with E-state index >= 15 is 0 Å². The van der Waals surface area contributed by atoms with Crippen LogP contribution in [0.2, 0.25) is 0 Å². The summed E-state index contributed by atoms with van der Waals surface area (Å²) in [5.74, 6) is -1.98. The maximum atomic E-state index is 12.9. The second-order valence-corrected chi connectivity index (χ2v) is 4.11. The van der Waals surface area contributed by atoms with Crippen LogP contribution in [-0.2, 0) is 4.79 Å². The summed E-state index contributed by atoms with van der Waals surface area (Å²) in [6.07, 6.45) is 1.01. The Balaban J connectivity index is 2.83. The quantitative estimate of drug-likeness (QED) is 0.844. The van der Waals surface area contributed by atoms with Crippen LogP contribution in [0, 0.1) is 12.7 Å². The van der Waals surface area contributed by atoms with Gasteiger partial charge in [-0.25, -0.2) is 9.18 Å². The van der Waals surface area contributed by atoms with Gasteiger partial charge in [0.2, 0.25) is 0 Å². The number of carbonyl (C=O) groups excluding carboxylic acids is 1. The fraction of sp³-hybridized carbons (Fsp3) is 0.385. The van der Waals surface area contributed by atoms with Gasteiger partial charge in [0.25, 0.3) is 5.91 Å². The van der Waals surface area contributed by atoms with Crippen LogP contribution in [0.5, 0.6) is 0 Å². The van der Waals surface area contributed by atoms with Gasteiger partial charge in [-0.2, -0.15) is 0 Å². The number of carboxylic acids is 1. The normalized spacial score (nSPS) is 11.9. The monoisotopic (exact) mass is 253 g/mol. The first-order chi connectivity index (χ1) is 8.45. The largest absolute Gasteiger partial charge is 0.480 e. The lowest BCUT2D eigenvalue weighted by atomic mass is 10.1. The van der Waals surface area contributed by atoms with E-state index in [-0.39, 0.29) is 0 Å². The summed E-state index contributed by atoms with van der Waals surface area (Å²) in [6.45, 7) is 3.44. The molecule has 4 nitrogen and oxygen atoms in total. The van der Waals surface area contributed by atoms with Crippen LogP contribution in [0.15, 0.2) is 18.2 Å². The Hall–Kier alpha value is -1.91. The first kappa shape index (κ1) is 14.2. The van der Waals surface area contributed by atoms with Gasteiger partial charge < -0.3 is 10.4 Å². The minimum atomic E-state index is -1.06. The number of benzene rings is 1. The number of carbonyl (C=O) groups is 2. The van der Waals surface area contributed by atoms with Gasteiger partial charge in [0.1, 0.15) is 11.9 Å². The molecule has 0 aliphatic carbocycles. The van der Waals surface area contributed by atoms with Crippen molar-refractivity contribution in [3.63, 3.8) is 0 Å². The summed E-state index contributed by atoms with van der Waals surface area (Å²) in [7, 11) is 0. The Morgan fingerprint density at radius 1 is 1.44 bits per heavy atom. The fourth-order valence-corrected chi connectivity index (χ4v) is 1.66. The Morgan fingerprint density at radius 2 is 2.11 bits per heavy atom. The lowest BCUT2D eigenvalue weighted by Gasteiger charge is -2.14. The standard InChI is InChI=1S/C13H16FNO3/c1-3-4-11(13(17)18)15-12(16)10-6-5-9(14)7-8(10)2/h5-7,11H,3-4H2,1-2H3,(H,15,16)(H,17,18)/t11-/m0/s1. The number of rotatable bonds is 5. The van der Waals surface area contributed by atoms with Crippen LogP contribution in [0.1, 0.15) is 35.7 Å². The average molecular weight is 253 g/mol. The van der Waals surface area contributed by atoms with E-state index in [1.165, 1.54) is 18.2 Å². The number of carboxylic acid groups (broad SMARTS) is 1. The molecule has 0 heterocycles. The van der Waals surface area contributed by atoms with Crippen molar-refractivity contribution in [1.82, 2.24) is 5.32 Å². The van der Waals surface area contributed by atoms with Crippen molar-refractivity contribution in [1.29, 1.82) is 0 Å². The second-order valence-electron chi connectivity index (χ2n) is 4.11. The van der Waals surface area contributed by atoms with Crippen molar-refractivity contribution >= 4 is 11.9 Å². The molecule has 0 spiro atoms. The van der Waals surface area contributed by atoms with Crippen LogP contribution in [0.25, 0.3) is 0 Å². The van der Waals surface area contributed by atoms with Gasteiger partial charge >= 0.3 is 5.97 Å². The molecule has 1 rings (SSSR count). The third-order valence-corrected chi connectivity index (χ3v) is 2.61. The molecule has 1 atom stereocenters. The highest BCUT2D eigenvalue weighted by molar-refractivity contribution is 5.97. The molecule has 0 saturated carbocycles. The molecule has 1 amide bonds. The predicted octanol–water partition coefficient (Wildman–Crippen LogP) is 2.12. The molecule has 0 bridgehead atoms. The molecule has 0 aliphatic rings. The number of halogens is 1. The molecule has 1 aromatic rings. The van der Waals surface area contributed by atoms with Gasteiger partial charge in [0.05, 0.1) is 0 Å². The highest BCUT2D eigenvalue weighted by Gasteiger charge is 2.20. The fourth-order valence-electron chi connectivity index (χ4n) is 1.66. The van der Waals surface area contributed by atoms with Gasteiger partial charge in [-0.05, 0) is 37.1 Å². The molecule has 5 heteroatoms. The molecule has 0 radical (unpaired) electrons. The van der Waals surface area contributed by atoms with Crippen LogP contribution >= 0.6 is 0 Å². The van der Waals surface area contributed by atoms with E-state index in [0.717, 1.165) is 0 Å². The van der Waals surface area contributed by atoms with Crippen LogP contribution < -0.4 is 5.32 Å². The van der Waals surface area contributed by atoms with E-state index < -0.39 is 23.7 Å². The SMILES string of the molecule is CCC[C@H](NC(=O)c1ccc(F)cc1C)C(=O)O. The van der Waals surface area contributed by atoms with Gasteiger partial charge in [-0.1, -0.05) is 13.3 Å². The lowest BCUT2D eigenvalue weighted by Crippen LogP contribution is -2.40. The van der Waals surface area contributed by atoms with Crippen molar-refractivity contribution in [3.05, 3.63) is 35.1 Å². The Bertz CT molecular complexity index is 460. The molecule has 0 aliphatic heterocycles. The molecule has 1 aromatic carbocycles. The molecule has 0 aromatic heterocycles. The van der Waals surface area contributed by atoms with Crippen molar-refractivity contribution in [2.24, 2.45) is 0 Å². The molecular weight excluding hydrogens is 237 g/mol. The highest BCUT2D eigenvalue weighted by atomic mass is 19.1. The molecule has 18 heavy (non-hydrogen) atoms. The Morgan fingerprint density at radius 3 is 2.61 bits per heavy atom. The third-order valence-electron chi connectivity index (χ3n) is 2.61. The smallest absolute Gasteiger partial charge is 0.326 e. The third kappa shape index (κ3) is 3.55. The first-order valence-electron chi connectivity index (χ1n) is 5.75. The number of hydrogen-bond donors (Lipinski definition) is 2. The van der Waals surface area contributed by atoms with Crippen LogP contribution in [0.3, 0.4) is 0 Å². The van der Waals surface area contributed by atoms with Crippen molar-refractivity contribution in [2.45, 2.75) is 32.7 Å². The van der Waals surface area contributed by atoms with E-state index in [0.29, 0.717) is 24.0 Å².